The van der Waals surface area contributed by atoms with Crippen molar-refractivity contribution in [1.29, 1.82) is 0 Å². The molecule has 7 atom stereocenters. The molecule has 0 bridgehead atoms. The van der Waals surface area contributed by atoms with Crippen LogP contribution in [0.1, 0.15) is 79.1 Å². The quantitative estimate of drug-likeness (QED) is 0.295. The van der Waals surface area contributed by atoms with Crippen LogP contribution >= 0.6 is 11.3 Å². The zero-order valence-electron chi connectivity index (χ0n) is 31.5. The second kappa shape index (κ2) is 15.9. The number of amides is 4. The van der Waals surface area contributed by atoms with Crippen LogP contribution in [0, 0.1) is 17.8 Å². The number of alkyl carbamates (subject to hydrolysis) is 1. The summed E-state index contributed by atoms with van der Waals surface area (Å²) < 4.78 is 80.0. The number of hydrogen-bond acceptors (Lipinski definition) is 11. The number of ether oxygens (including phenoxy) is 2. The largest absolute Gasteiger partial charge is 0.472 e. The van der Waals surface area contributed by atoms with Gasteiger partial charge in [0.05, 0.1) is 11.8 Å². The Bertz CT molecular complexity index is 1920. The second-order valence-corrected chi connectivity index (χ2v) is 18.5. The van der Waals surface area contributed by atoms with Gasteiger partial charge in [0.1, 0.15) is 28.7 Å². The Balaban J connectivity index is 1.32. The third-order valence-electron chi connectivity index (χ3n) is 11.0. The average molecular weight is 825 g/mol. The number of hydrogen-bond donors (Lipinski definition) is 3. The van der Waals surface area contributed by atoms with Crippen molar-refractivity contribution in [3.05, 3.63) is 42.1 Å². The minimum atomic E-state index is -4.90. The van der Waals surface area contributed by atoms with Crippen molar-refractivity contribution < 1.29 is 50.2 Å². The third kappa shape index (κ3) is 9.13. The molecule has 0 aromatic carbocycles. The van der Waals surface area contributed by atoms with E-state index >= 15 is 0 Å². The van der Waals surface area contributed by atoms with E-state index in [1.807, 2.05) is 18.4 Å². The van der Waals surface area contributed by atoms with Crippen LogP contribution in [0.3, 0.4) is 0 Å². The van der Waals surface area contributed by atoms with Crippen molar-refractivity contribution in [2.45, 2.75) is 120 Å². The summed E-state index contributed by atoms with van der Waals surface area (Å²) in [5.41, 5.74) is -3.74. The van der Waals surface area contributed by atoms with Crippen LogP contribution in [0.15, 0.2) is 42.1 Å². The number of alkyl halides is 3. The molecule has 3 N–H and O–H groups in total. The number of rotatable bonds is 9. The van der Waals surface area contributed by atoms with Gasteiger partial charge in [-0.3, -0.25) is 19.1 Å². The molecule has 0 spiro atoms. The Hall–Kier alpha value is -4.26. The molecule has 14 nitrogen and oxygen atoms in total. The van der Waals surface area contributed by atoms with Crippen LogP contribution in [-0.4, -0.2) is 94.4 Å². The number of allylic oxidation sites excluding steroid dienone is 1. The summed E-state index contributed by atoms with van der Waals surface area (Å²) in [4.78, 5) is 65.9. The molecular formula is C37H47F3N6O8S2. The molecule has 2 aromatic heterocycles. The normalized spacial score (nSPS) is 29.4. The first kappa shape index (κ1) is 41.4. The fourth-order valence-corrected chi connectivity index (χ4v) is 9.27. The molecule has 0 radical (unpaired) electrons. The molecule has 4 heterocycles. The van der Waals surface area contributed by atoms with Crippen molar-refractivity contribution in [3.63, 3.8) is 0 Å². The van der Waals surface area contributed by atoms with Crippen LogP contribution in [-0.2, 0) is 29.1 Å². The predicted molar refractivity (Wildman–Crippen MR) is 198 cm³/mol. The summed E-state index contributed by atoms with van der Waals surface area (Å²) in [5, 5.41) is 7.07. The second-order valence-electron chi connectivity index (χ2n) is 15.7. The fraction of sp³-hybridized carbons (Fsp3) is 0.622. The van der Waals surface area contributed by atoms with E-state index in [0.717, 1.165) is 10.6 Å². The smallest absolute Gasteiger partial charge is 0.427 e. The van der Waals surface area contributed by atoms with E-state index in [0.29, 0.717) is 52.4 Å². The van der Waals surface area contributed by atoms with Crippen molar-refractivity contribution in [3.8, 4) is 16.5 Å². The lowest BCUT2D eigenvalue weighted by Crippen LogP contribution is -2.59. The van der Waals surface area contributed by atoms with Gasteiger partial charge in [0.15, 0.2) is 0 Å². The average Bonchev–Trinajstić information content (AvgIpc) is 3.99. The first-order chi connectivity index (χ1) is 26.3. The number of pyridine rings is 1. The zero-order chi connectivity index (χ0) is 40.6. The molecule has 2 aliphatic carbocycles. The molecule has 1 saturated heterocycles. The van der Waals surface area contributed by atoms with Gasteiger partial charge in [0, 0.05) is 41.7 Å². The van der Waals surface area contributed by atoms with Crippen molar-refractivity contribution in [1.82, 2.24) is 30.2 Å². The maximum atomic E-state index is 14.7. The van der Waals surface area contributed by atoms with Crippen molar-refractivity contribution in [2.24, 2.45) is 17.8 Å². The van der Waals surface area contributed by atoms with Gasteiger partial charge in [0.2, 0.25) is 33.3 Å². The Morgan fingerprint density at radius 3 is 2.50 bits per heavy atom. The number of nitrogens with zero attached hydrogens (tertiary/aromatic N) is 3. The standard InChI is InChI=1S/C37H47F3N6O8S2/c1-5-22-16-21(2)8-6-7-9-24-18-36(24,33(49)45-56(51,52)26-11-12-26)44-30(47)27-17-25(53-28-13-10-23(19-42-28)31-41-14-15-55-31)20-46(27)32(48)29(22)43-34(50)54-35(3,4)37(38,39)40/h7,9-10,13-15,19,21-22,24-27,29H,5-6,8,11-12,16-18,20H2,1-4H3,(H,43,50)(H,44,47)(H,45,49)/b9-7-/t21-,22-,24-,25-,27+,29+,36-/m1/s1. The van der Waals surface area contributed by atoms with Gasteiger partial charge in [0.25, 0.3) is 5.91 Å². The molecule has 4 amide bonds. The van der Waals surface area contributed by atoms with E-state index in [4.69, 9.17) is 9.47 Å². The zero-order valence-corrected chi connectivity index (χ0v) is 33.1. The van der Waals surface area contributed by atoms with E-state index in [1.54, 1.807) is 37.5 Å². The van der Waals surface area contributed by atoms with Crippen molar-refractivity contribution in [2.75, 3.05) is 6.54 Å². The lowest BCUT2D eigenvalue weighted by Gasteiger charge is -2.35. The summed E-state index contributed by atoms with van der Waals surface area (Å²) in [6.07, 6.45) is 2.52. The number of thiazole rings is 1. The molecule has 306 valence electrons. The van der Waals surface area contributed by atoms with Gasteiger partial charge < -0.3 is 25.0 Å². The molecular weight excluding hydrogens is 778 g/mol. The molecule has 4 aliphatic rings. The Morgan fingerprint density at radius 2 is 1.88 bits per heavy atom. The summed E-state index contributed by atoms with van der Waals surface area (Å²) in [5.74, 6) is -3.32. The lowest BCUT2D eigenvalue weighted by molar-refractivity contribution is -0.244. The fourth-order valence-electron chi connectivity index (χ4n) is 7.28. The third-order valence-corrected chi connectivity index (χ3v) is 13.6. The molecule has 3 fully saturated rings. The molecule has 6 rings (SSSR count). The van der Waals surface area contributed by atoms with Gasteiger partial charge in [-0.15, -0.1) is 11.3 Å². The predicted octanol–water partition coefficient (Wildman–Crippen LogP) is 4.87. The summed E-state index contributed by atoms with van der Waals surface area (Å²) in [6, 6.07) is 0.683. The van der Waals surface area contributed by atoms with Gasteiger partial charge in [-0.1, -0.05) is 32.4 Å². The highest BCUT2D eigenvalue weighted by molar-refractivity contribution is 7.91. The minimum absolute atomic E-state index is 0.0194. The highest BCUT2D eigenvalue weighted by Gasteiger charge is 2.62. The Labute approximate surface area is 327 Å². The van der Waals surface area contributed by atoms with Crippen LogP contribution < -0.4 is 20.1 Å². The highest BCUT2D eigenvalue weighted by atomic mass is 32.2. The molecule has 19 heteroatoms. The summed E-state index contributed by atoms with van der Waals surface area (Å²) in [7, 11) is -3.97. The minimum Gasteiger partial charge on any atom is -0.472 e. The maximum Gasteiger partial charge on any atom is 0.427 e. The maximum absolute atomic E-state index is 14.7. The van der Waals surface area contributed by atoms with Crippen LogP contribution in [0.25, 0.3) is 10.6 Å². The Kier molecular flexibility index (Phi) is 11.8. The van der Waals surface area contributed by atoms with Gasteiger partial charge >= 0.3 is 12.3 Å². The van der Waals surface area contributed by atoms with Gasteiger partial charge in [-0.05, 0) is 70.3 Å². The first-order valence-electron chi connectivity index (χ1n) is 18.8. The molecule has 56 heavy (non-hydrogen) atoms. The summed E-state index contributed by atoms with van der Waals surface area (Å²) in [6.45, 7) is 4.97. The SMILES string of the molecule is CC[C@@H]1C[C@H](C)CC/C=C\[C@@H]2C[C@@]2(C(=O)NS(=O)(=O)C2CC2)NC(=O)[C@@H]2C[C@@H](Oc3ccc(-c4nccs4)cn3)CN2C(=O)[C@H]1NC(=O)OC(C)(C)C(F)(F)F. The van der Waals surface area contributed by atoms with E-state index in [2.05, 4.69) is 25.3 Å². The van der Waals surface area contributed by atoms with E-state index in [-0.39, 0.29) is 31.2 Å². The number of carbonyl (C=O) groups excluding carboxylic acids is 4. The van der Waals surface area contributed by atoms with Gasteiger partial charge in [-0.2, -0.15) is 13.2 Å². The number of nitrogens with one attached hydrogen (secondary N) is 3. The van der Waals surface area contributed by atoms with Crippen LogP contribution in [0.5, 0.6) is 5.88 Å². The van der Waals surface area contributed by atoms with Gasteiger partial charge in [-0.25, -0.2) is 23.2 Å². The van der Waals surface area contributed by atoms with E-state index < -0.39 is 86.4 Å². The number of fused-ring (bicyclic) bond motifs is 2. The molecule has 2 saturated carbocycles. The monoisotopic (exact) mass is 824 g/mol. The summed E-state index contributed by atoms with van der Waals surface area (Å²) >= 11 is 1.42. The molecule has 0 unspecified atom stereocenters. The molecule has 2 aliphatic heterocycles. The van der Waals surface area contributed by atoms with Crippen LogP contribution in [0.2, 0.25) is 0 Å². The van der Waals surface area contributed by atoms with Crippen LogP contribution in [0.4, 0.5) is 18.0 Å². The van der Waals surface area contributed by atoms with Crippen molar-refractivity contribution >= 4 is 45.2 Å². The number of sulfonamides is 1. The van der Waals surface area contributed by atoms with E-state index in [9.17, 15) is 40.8 Å². The highest BCUT2D eigenvalue weighted by Crippen LogP contribution is 2.46. The topological polar surface area (TPSA) is 186 Å². The van der Waals surface area contributed by atoms with E-state index in [1.165, 1.54) is 16.2 Å². The first-order valence-corrected chi connectivity index (χ1v) is 21.2. The number of halogens is 3. The number of aromatic nitrogens is 2. The number of carbonyl (C=O) groups is 4. The Morgan fingerprint density at radius 1 is 1.12 bits per heavy atom. The molecule has 2 aromatic rings. The lowest BCUT2D eigenvalue weighted by atomic mass is 9.85.